The van der Waals surface area contributed by atoms with Crippen LogP contribution in [0.15, 0.2) is 72.3 Å². The summed E-state index contributed by atoms with van der Waals surface area (Å²) in [7, 11) is 1.53. The first-order chi connectivity index (χ1) is 17.9. The topological polar surface area (TPSA) is 90.8 Å². The fraction of sp³-hybridized carbons (Fsp3) is 0.259. The summed E-state index contributed by atoms with van der Waals surface area (Å²) in [6, 6.07) is 8.64. The van der Waals surface area contributed by atoms with Crippen LogP contribution < -0.4 is 5.56 Å². The van der Waals surface area contributed by atoms with E-state index in [9.17, 15) is 23.1 Å². The van der Waals surface area contributed by atoms with Gasteiger partial charge < -0.3 is 9.67 Å². The Kier molecular flexibility index (Phi) is 6.18. The summed E-state index contributed by atoms with van der Waals surface area (Å²) >= 11 is 0. The van der Waals surface area contributed by atoms with Gasteiger partial charge in [-0.25, -0.2) is 9.97 Å². The van der Waals surface area contributed by atoms with Gasteiger partial charge in [-0.2, -0.15) is 13.2 Å². The van der Waals surface area contributed by atoms with Crippen molar-refractivity contribution in [2.24, 2.45) is 7.05 Å². The Morgan fingerprint density at radius 1 is 0.974 bits per heavy atom. The molecule has 0 saturated heterocycles. The number of fused-ring (bicyclic) bond motifs is 1. The Morgan fingerprint density at radius 2 is 1.71 bits per heavy atom. The molecule has 0 aliphatic heterocycles. The first-order valence-corrected chi connectivity index (χ1v) is 11.8. The molecule has 5 rings (SSSR count). The van der Waals surface area contributed by atoms with Crippen LogP contribution in [-0.4, -0.2) is 34.0 Å². The van der Waals surface area contributed by atoms with E-state index >= 15 is 0 Å². The monoisotopic (exact) mass is 522 g/mol. The largest absolute Gasteiger partial charge is 0.418 e. The predicted molar refractivity (Wildman–Crippen MR) is 135 cm³/mol. The van der Waals surface area contributed by atoms with Gasteiger partial charge in [0.2, 0.25) is 0 Å². The first-order valence-electron chi connectivity index (χ1n) is 11.8. The second-order valence-corrected chi connectivity index (χ2v) is 9.70. The number of rotatable bonds is 6. The first kappa shape index (κ1) is 25.4. The maximum atomic E-state index is 14.0. The maximum absolute atomic E-state index is 14.0. The van der Waals surface area contributed by atoms with Gasteiger partial charge in [0.25, 0.3) is 5.56 Å². The molecule has 0 amide bonds. The summed E-state index contributed by atoms with van der Waals surface area (Å²) < 4.78 is 46.3. The van der Waals surface area contributed by atoms with Crippen LogP contribution in [0.25, 0.3) is 22.0 Å². The number of aromatic nitrogens is 6. The van der Waals surface area contributed by atoms with E-state index in [1.165, 1.54) is 27.2 Å². The van der Waals surface area contributed by atoms with Gasteiger partial charge in [-0.1, -0.05) is 12.1 Å². The van der Waals surface area contributed by atoms with Crippen LogP contribution in [-0.2, 0) is 31.9 Å². The molecule has 0 fully saturated rings. The fourth-order valence-electron chi connectivity index (χ4n) is 4.43. The highest BCUT2D eigenvalue weighted by Gasteiger charge is 2.35. The zero-order valence-electron chi connectivity index (χ0n) is 20.9. The Hall–Kier alpha value is -4.25. The van der Waals surface area contributed by atoms with Crippen molar-refractivity contribution < 1.29 is 18.3 Å². The molecule has 5 aromatic rings. The van der Waals surface area contributed by atoms with E-state index in [2.05, 4.69) is 15.0 Å². The van der Waals surface area contributed by atoms with E-state index < -0.39 is 17.3 Å². The molecule has 4 aromatic heterocycles. The van der Waals surface area contributed by atoms with Crippen LogP contribution in [0.4, 0.5) is 13.2 Å². The molecule has 1 N–H and O–H groups in total. The van der Waals surface area contributed by atoms with Crippen LogP contribution in [0, 0.1) is 0 Å². The molecule has 1 aromatic carbocycles. The van der Waals surface area contributed by atoms with Crippen LogP contribution in [0.5, 0.6) is 0 Å². The highest BCUT2D eigenvalue weighted by molar-refractivity contribution is 5.84. The van der Waals surface area contributed by atoms with Gasteiger partial charge in [0.05, 0.1) is 23.0 Å². The molecule has 0 aliphatic carbocycles. The zero-order chi connectivity index (χ0) is 27.2. The normalized spacial score (nSPS) is 12.4. The van der Waals surface area contributed by atoms with Gasteiger partial charge in [0.1, 0.15) is 5.60 Å². The van der Waals surface area contributed by atoms with Crippen LogP contribution in [0.2, 0.25) is 0 Å². The summed E-state index contributed by atoms with van der Waals surface area (Å²) in [5, 5.41) is 10.5. The lowest BCUT2D eigenvalue weighted by Crippen LogP contribution is -2.20. The van der Waals surface area contributed by atoms with Crippen LogP contribution in [0.3, 0.4) is 0 Å². The van der Waals surface area contributed by atoms with Crippen molar-refractivity contribution in [1.29, 1.82) is 0 Å². The molecular formula is C27H25F3N6O2. The summed E-state index contributed by atoms with van der Waals surface area (Å²) in [4.78, 5) is 25.4. The van der Waals surface area contributed by atoms with Crippen LogP contribution in [0.1, 0.15) is 36.4 Å². The molecule has 0 unspecified atom stereocenters. The lowest BCUT2D eigenvalue weighted by Gasteiger charge is -2.15. The third kappa shape index (κ3) is 4.84. The van der Waals surface area contributed by atoms with Gasteiger partial charge >= 0.3 is 6.18 Å². The van der Waals surface area contributed by atoms with Crippen LogP contribution >= 0.6 is 0 Å². The second-order valence-electron chi connectivity index (χ2n) is 9.70. The molecule has 8 nitrogen and oxygen atoms in total. The molecule has 0 aliphatic rings. The minimum atomic E-state index is -4.57. The molecular weight excluding hydrogens is 497 g/mol. The Labute approximate surface area is 215 Å². The van der Waals surface area contributed by atoms with Crippen molar-refractivity contribution in [2.45, 2.75) is 38.7 Å². The van der Waals surface area contributed by atoms with Crippen molar-refractivity contribution in [1.82, 2.24) is 28.9 Å². The SMILES string of the molecule is Cn1c(=O)c2ccc(-c3cnc(C(C)(C)O)nc3)cc2n1Cc1cn(Cc2cccnc2)cc1C(F)(F)F. The zero-order valence-corrected chi connectivity index (χ0v) is 20.9. The standard InChI is InChI=1S/C27H25F3N6O2/c1-26(2,38)25-32-11-19(12-33-25)18-6-7-21-23(9-18)36(34(3)24(21)37)15-20-14-35(16-22(20)27(28,29)30)13-17-5-4-8-31-10-17/h4-12,14,16,38H,13,15H2,1-3H3. The number of aliphatic hydroxyl groups is 1. The smallest absolute Gasteiger partial charge is 0.382 e. The molecule has 0 spiro atoms. The van der Waals surface area contributed by atoms with Crippen molar-refractivity contribution in [2.75, 3.05) is 0 Å². The lowest BCUT2D eigenvalue weighted by atomic mass is 10.1. The predicted octanol–water partition coefficient (Wildman–Crippen LogP) is 4.34. The van der Waals surface area contributed by atoms with Gasteiger partial charge in [0.15, 0.2) is 5.82 Å². The highest BCUT2D eigenvalue weighted by Crippen LogP contribution is 2.34. The molecule has 0 saturated carbocycles. The van der Waals surface area contributed by atoms with Gasteiger partial charge in [-0.3, -0.25) is 19.1 Å². The number of halogens is 3. The van der Waals surface area contributed by atoms with E-state index in [-0.39, 0.29) is 30.0 Å². The minimum absolute atomic E-state index is 0.0390. The highest BCUT2D eigenvalue weighted by atomic mass is 19.4. The Bertz CT molecular complexity index is 1660. The molecule has 0 bridgehead atoms. The quantitative estimate of drug-likeness (QED) is 0.358. The average molecular weight is 523 g/mol. The van der Waals surface area contributed by atoms with E-state index in [1.54, 1.807) is 69.0 Å². The molecule has 196 valence electrons. The van der Waals surface area contributed by atoms with E-state index in [4.69, 9.17) is 0 Å². The third-order valence-electron chi connectivity index (χ3n) is 6.37. The third-order valence-corrected chi connectivity index (χ3v) is 6.37. The maximum Gasteiger partial charge on any atom is 0.418 e. The number of hydrogen-bond donors (Lipinski definition) is 1. The van der Waals surface area contributed by atoms with E-state index in [1.807, 2.05) is 0 Å². The van der Waals surface area contributed by atoms with Crippen molar-refractivity contribution in [3.05, 3.63) is 100 Å². The molecule has 0 radical (unpaired) electrons. The summed E-state index contributed by atoms with van der Waals surface area (Å²) in [5.74, 6) is 0.259. The number of alkyl halides is 3. The van der Waals surface area contributed by atoms with Gasteiger partial charge in [0, 0.05) is 61.9 Å². The van der Waals surface area contributed by atoms with Crippen molar-refractivity contribution in [3.8, 4) is 11.1 Å². The Balaban J connectivity index is 1.56. The molecule has 38 heavy (non-hydrogen) atoms. The molecule has 0 atom stereocenters. The summed E-state index contributed by atoms with van der Waals surface area (Å²) in [6.45, 7) is 3.22. The second kappa shape index (κ2) is 9.25. The fourth-order valence-corrected chi connectivity index (χ4v) is 4.43. The number of pyridine rings is 1. The summed E-state index contributed by atoms with van der Waals surface area (Å²) in [6.07, 6.45) is 4.31. The van der Waals surface area contributed by atoms with E-state index in [0.717, 1.165) is 11.8 Å². The van der Waals surface area contributed by atoms with Gasteiger partial charge in [-0.15, -0.1) is 0 Å². The van der Waals surface area contributed by atoms with Crippen molar-refractivity contribution in [3.63, 3.8) is 0 Å². The van der Waals surface area contributed by atoms with Crippen molar-refractivity contribution >= 4 is 10.9 Å². The average Bonchev–Trinajstić information content (AvgIpc) is 3.38. The number of benzene rings is 1. The number of nitrogens with zero attached hydrogens (tertiary/aromatic N) is 6. The molecule has 4 heterocycles. The Morgan fingerprint density at radius 3 is 2.34 bits per heavy atom. The number of hydrogen-bond acceptors (Lipinski definition) is 5. The van der Waals surface area contributed by atoms with Gasteiger partial charge in [-0.05, 0) is 43.2 Å². The molecule has 11 heteroatoms. The summed E-state index contributed by atoms with van der Waals surface area (Å²) in [5.41, 5.74) is 0.332. The van der Waals surface area contributed by atoms with E-state index in [0.29, 0.717) is 22.0 Å². The lowest BCUT2D eigenvalue weighted by molar-refractivity contribution is -0.138. The minimum Gasteiger partial charge on any atom is -0.382 e.